The third-order valence-corrected chi connectivity index (χ3v) is 6.96. The number of carbonyl (C=O) groups excluding carboxylic acids is 1. The minimum atomic E-state index is -0.400. The molecule has 1 aliphatic heterocycles. The summed E-state index contributed by atoms with van der Waals surface area (Å²) >= 11 is 5.98. The van der Waals surface area contributed by atoms with Gasteiger partial charge in [0.25, 0.3) is 11.6 Å². The van der Waals surface area contributed by atoms with Crippen LogP contribution < -0.4 is 4.90 Å². The van der Waals surface area contributed by atoms with Gasteiger partial charge in [-0.3, -0.25) is 14.9 Å². The second kappa shape index (κ2) is 11.0. The number of aromatic nitrogens is 2. The van der Waals surface area contributed by atoms with Crippen LogP contribution in [0.25, 0.3) is 11.4 Å². The normalized spacial score (nSPS) is 13.4. The van der Waals surface area contributed by atoms with Crippen molar-refractivity contribution in [2.75, 3.05) is 31.1 Å². The number of hydrogen-bond donors (Lipinski definition) is 0. The van der Waals surface area contributed by atoms with E-state index in [0.29, 0.717) is 49.0 Å². The number of aryl methyl sites for hydroxylation is 1. The number of halogens is 1. The number of anilines is 1. The van der Waals surface area contributed by atoms with Gasteiger partial charge < -0.3 is 9.80 Å². The molecule has 0 atom stereocenters. The lowest BCUT2D eigenvalue weighted by Gasteiger charge is -2.36. The predicted molar refractivity (Wildman–Crippen MR) is 148 cm³/mol. The predicted octanol–water partition coefficient (Wildman–Crippen LogP) is 5.57. The Morgan fingerprint density at radius 3 is 2.21 bits per heavy atom. The van der Waals surface area contributed by atoms with Gasteiger partial charge >= 0.3 is 0 Å². The molecule has 0 bridgehead atoms. The largest absolute Gasteiger partial charge is 0.353 e. The minimum absolute atomic E-state index is 0.0173. The second-order valence-corrected chi connectivity index (χ2v) is 9.62. The fourth-order valence-electron chi connectivity index (χ4n) is 4.60. The first-order valence-corrected chi connectivity index (χ1v) is 12.7. The molecule has 1 saturated heterocycles. The maximum atomic E-state index is 13.0. The fraction of sp³-hybridized carbons (Fsp3) is 0.207. The van der Waals surface area contributed by atoms with E-state index in [1.165, 1.54) is 12.1 Å². The van der Waals surface area contributed by atoms with Gasteiger partial charge in [-0.15, -0.1) is 0 Å². The summed E-state index contributed by atoms with van der Waals surface area (Å²) in [6, 6.07) is 23.4. The Bertz CT molecular complexity index is 1450. The van der Waals surface area contributed by atoms with Crippen LogP contribution >= 0.6 is 11.6 Å². The number of nitro benzene ring substituents is 1. The van der Waals surface area contributed by atoms with Crippen LogP contribution in [0.1, 0.15) is 27.2 Å². The van der Waals surface area contributed by atoms with Crippen molar-refractivity contribution in [1.82, 2.24) is 14.9 Å². The van der Waals surface area contributed by atoms with Gasteiger partial charge in [0.2, 0.25) is 0 Å². The average Bonchev–Trinajstić information content (AvgIpc) is 2.95. The SMILES string of the molecule is Cc1nc(-c2ccccc2)nc(N2CCN(C(=O)c3ccc(Cl)cc3)CC2)c1Cc1ccc([N+](=O)[O-])cc1. The van der Waals surface area contributed by atoms with E-state index in [4.69, 9.17) is 21.6 Å². The fourth-order valence-corrected chi connectivity index (χ4v) is 4.73. The molecule has 0 spiro atoms. The third-order valence-electron chi connectivity index (χ3n) is 6.71. The molecular formula is C29H26ClN5O3. The molecule has 38 heavy (non-hydrogen) atoms. The Kier molecular flexibility index (Phi) is 7.33. The Balaban J connectivity index is 1.43. The number of hydrogen-bond acceptors (Lipinski definition) is 6. The van der Waals surface area contributed by atoms with Crippen LogP contribution in [0.4, 0.5) is 11.5 Å². The Morgan fingerprint density at radius 2 is 1.58 bits per heavy atom. The smallest absolute Gasteiger partial charge is 0.269 e. The first-order valence-electron chi connectivity index (χ1n) is 12.3. The van der Waals surface area contributed by atoms with Crippen LogP contribution in [0.3, 0.4) is 0 Å². The number of rotatable bonds is 6. The molecule has 0 aliphatic carbocycles. The molecule has 0 saturated carbocycles. The van der Waals surface area contributed by atoms with Crippen LogP contribution in [0.2, 0.25) is 5.02 Å². The Labute approximate surface area is 225 Å². The monoisotopic (exact) mass is 527 g/mol. The molecule has 1 fully saturated rings. The number of piperazine rings is 1. The summed E-state index contributed by atoms with van der Waals surface area (Å²) in [6.45, 7) is 4.33. The lowest BCUT2D eigenvalue weighted by atomic mass is 10.0. The summed E-state index contributed by atoms with van der Waals surface area (Å²) in [7, 11) is 0. The molecule has 5 rings (SSSR count). The van der Waals surface area contributed by atoms with Crippen molar-refractivity contribution < 1.29 is 9.72 Å². The molecule has 8 nitrogen and oxygen atoms in total. The van der Waals surface area contributed by atoms with Crippen molar-refractivity contribution in [2.45, 2.75) is 13.3 Å². The Morgan fingerprint density at radius 1 is 0.921 bits per heavy atom. The van der Waals surface area contributed by atoms with E-state index in [1.807, 2.05) is 42.2 Å². The van der Waals surface area contributed by atoms with E-state index < -0.39 is 4.92 Å². The van der Waals surface area contributed by atoms with E-state index >= 15 is 0 Å². The van der Waals surface area contributed by atoms with Crippen LogP contribution in [-0.4, -0.2) is 51.9 Å². The summed E-state index contributed by atoms with van der Waals surface area (Å²) in [5, 5.41) is 11.7. The molecular weight excluding hydrogens is 502 g/mol. The highest BCUT2D eigenvalue weighted by molar-refractivity contribution is 6.30. The molecule has 192 valence electrons. The molecule has 0 N–H and O–H groups in total. The molecule has 4 aromatic rings. The standard InChI is InChI=1S/C29H26ClN5O3/c1-20-26(19-21-7-13-25(14-8-21)35(37)38)28(32-27(31-20)22-5-3-2-4-6-22)33-15-17-34(18-16-33)29(36)23-9-11-24(30)12-10-23/h2-14H,15-19H2,1H3. The van der Waals surface area contributed by atoms with Gasteiger partial charge in [0.05, 0.1) is 4.92 Å². The molecule has 0 unspecified atom stereocenters. The zero-order valence-corrected chi connectivity index (χ0v) is 21.6. The van der Waals surface area contributed by atoms with E-state index in [0.717, 1.165) is 28.2 Å². The number of benzene rings is 3. The van der Waals surface area contributed by atoms with Crippen LogP contribution in [0, 0.1) is 17.0 Å². The summed E-state index contributed by atoms with van der Waals surface area (Å²) in [6.07, 6.45) is 0.540. The van der Waals surface area contributed by atoms with Gasteiger partial charge in [0.1, 0.15) is 5.82 Å². The molecule has 1 amide bonds. The van der Waals surface area contributed by atoms with Crippen LogP contribution in [0.15, 0.2) is 78.9 Å². The van der Waals surface area contributed by atoms with Gasteiger partial charge in [0, 0.05) is 72.1 Å². The highest BCUT2D eigenvalue weighted by Gasteiger charge is 2.26. The van der Waals surface area contributed by atoms with Gasteiger partial charge in [-0.1, -0.05) is 54.1 Å². The summed E-state index contributed by atoms with van der Waals surface area (Å²) in [4.78, 5) is 37.6. The molecule has 2 heterocycles. The van der Waals surface area contributed by atoms with Crippen molar-refractivity contribution in [3.05, 3.63) is 116 Å². The number of carbonyl (C=O) groups is 1. The lowest BCUT2D eigenvalue weighted by Crippen LogP contribution is -2.49. The quantitative estimate of drug-likeness (QED) is 0.240. The third kappa shape index (κ3) is 5.50. The number of non-ortho nitro benzene ring substituents is 1. The van der Waals surface area contributed by atoms with Crippen molar-refractivity contribution in [3.8, 4) is 11.4 Å². The molecule has 1 aliphatic rings. The van der Waals surface area contributed by atoms with Crippen molar-refractivity contribution in [2.24, 2.45) is 0 Å². The minimum Gasteiger partial charge on any atom is -0.353 e. The molecule has 9 heteroatoms. The summed E-state index contributed by atoms with van der Waals surface area (Å²) in [5.74, 6) is 1.45. The molecule has 3 aromatic carbocycles. The van der Waals surface area contributed by atoms with Crippen LogP contribution in [-0.2, 0) is 6.42 Å². The van der Waals surface area contributed by atoms with Gasteiger partial charge in [-0.05, 0) is 36.8 Å². The zero-order chi connectivity index (χ0) is 26.6. The van der Waals surface area contributed by atoms with E-state index in [-0.39, 0.29) is 11.6 Å². The van der Waals surface area contributed by atoms with Crippen molar-refractivity contribution >= 4 is 29.0 Å². The van der Waals surface area contributed by atoms with E-state index in [9.17, 15) is 14.9 Å². The maximum Gasteiger partial charge on any atom is 0.269 e. The average molecular weight is 528 g/mol. The van der Waals surface area contributed by atoms with Crippen molar-refractivity contribution in [3.63, 3.8) is 0 Å². The van der Waals surface area contributed by atoms with Crippen molar-refractivity contribution in [1.29, 1.82) is 0 Å². The van der Waals surface area contributed by atoms with Gasteiger partial charge in [-0.2, -0.15) is 0 Å². The molecule has 0 radical (unpaired) electrons. The molecule has 1 aromatic heterocycles. The van der Waals surface area contributed by atoms with Gasteiger partial charge in [0.15, 0.2) is 5.82 Å². The van der Waals surface area contributed by atoms with E-state index in [2.05, 4.69) is 4.90 Å². The van der Waals surface area contributed by atoms with Gasteiger partial charge in [-0.25, -0.2) is 9.97 Å². The Hall–Kier alpha value is -4.30. The maximum absolute atomic E-state index is 13.0. The van der Waals surface area contributed by atoms with E-state index in [1.54, 1.807) is 36.4 Å². The highest BCUT2D eigenvalue weighted by atomic mass is 35.5. The first-order chi connectivity index (χ1) is 18.4. The highest BCUT2D eigenvalue weighted by Crippen LogP contribution is 2.29. The number of nitrogens with zero attached hydrogens (tertiary/aromatic N) is 5. The summed E-state index contributed by atoms with van der Waals surface area (Å²) < 4.78 is 0. The number of amides is 1. The first kappa shape index (κ1) is 25.4. The zero-order valence-electron chi connectivity index (χ0n) is 20.9. The summed E-state index contributed by atoms with van der Waals surface area (Å²) in [5.41, 5.74) is 4.36. The lowest BCUT2D eigenvalue weighted by molar-refractivity contribution is -0.384. The second-order valence-electron chi connectivity index (χ2n) is 9.19. The number of nitro groups is 1. The van der Waals surface area contributed by atoms with Crippen LogP contribution in [0.5, 0.6) is 0 Å². The topological polar surface area (TPSA) is 92.5 Å².